The van der Waals surface area contributed by atoms with E-state index >= 15 is 0 Å². The van der Waals surface area contributed by atoms with Crippen LogP contribution >= 0.6 is 0 Å². The maximum Gasteiger partial charge on any atom is 0.410 e. The van der Waals surface area contributed by atoms with Crippen LogP contribution in [0.4, 0.5) is 10.5 Å². The van der Waals surface area contributed by atoms with E-state index in [4.69, 9.17) is 9.88 Å². The van der Waals surface area contributed by atoms with Crippen molar-refractivity contribution in [2.45, 2.75) is 44.2 Å². The maximum absolute atomic E-state index is 12.8. The molecular formula is C19H25N5O5S. The number of nitrogens with zero attached hydrogens (tertiary/aromatic N) is 3. The van der Waals surface area contributed by atoms with Gasteiger partial charge in [-0.15, -0.1) is 0 Å². The van der Waals surface area contributed by atoms with Crippen molar-refractivity contribution in [2.24, 2.45) is 12.2 Å². The number of nitrogens with one attached hydrogen (secondary N) is 1. The minimum absolute atomic E-state index is 0.0521. The third-order valence-electron chi connectivity index (χ3n) is 4.55. The lowest BCUT2D eigenvalue weighted by molar-refractivity contribution is 0.0222. The zero-order valence-corrected chi connectivity index (χ0v) is 18.1. The Morgan fingerprint density at radius 2 is 1.83 bits per heavy atom. The normalized spacial score (nSPS) is 14.2. The highest BCUT2D eigenvalue weighted by atomic mass is 32.2. The Labute approximate surface area is 175 Å². The summed E-state index contributed by atoms with van der Waals surface area (Å²) in [7, 11) is -2.06. The van der Waals surface area contributed by atoms with Crippen LogP contribution in [0.3, 0.4) is 0 Å². The number of anilines is 1. The Kier molecular flexibility index (Phi) is 5.61. The predicted molar refractivity (Wildman–Crippen MR) is 109 cm³/mol. The summed E-state index contributed by atoms with van der Waals surface area (Å²) in [5.74, 6) is -0.457. The average Bonchev–Trinajstić information content (AvgIpc) is 2.96. The second kappa shape index (κ2) is 7.73. The molecule has 0 saturated heterocycles. The number of carbonyl (C=O) groups excluding carboxylic acids is 2. The van der Waals surface area contributed by atoms with Gasteiger partial charge >= 0.3 is 6.09 Å². The van der Waals surface area contributed by atoms with Crippen LogP contribution in [0.2, 0.25) is 0 Å². The highest BCUT2D eigenvalue weighted by molar-refractivity contribution is 7.89. The summed E-state index contributed by atoms with van der Waals surface area (Å²) < 4.78 is 29.8. The highest BCUT2D eigenvalue weighted by Crippen LogP contribution is 2.25. The topological polar surface area (TPSA) is 137 Å². The number of amides is 2. The fourth-order valence-electron chi connectivity index (χ4n) is 3.18. The fourth-order valence-corrected chi connectivity index (χ4v) is 3.69. The number of carbonyl (C=O) groups is 2. The molecule has 1 aromatic heterocycles. The molecule has 3 rings (SSSR count). The second-order valence-electron chi connectivity index (χ2n) is 8.07. The third kappa shape index (κ3) is 4.79. The first-order valence-electron chi connectivity index (χ1n) is 9.32. The van der Waals surface area contributed by atoms with Crippen molar-refractivity contribution in [3.63, 3.8) is 0 Å². The molecule has 162 valence electrons. The third-order valence-corrected chi connectivity index (χ3v) is 5.48. The number of nitrogens with two attached hydrogens (primary N) is 1. The molecule has 2 aromatic rings. The van der Waals surface area contributed by atoms with Gasteiger partial charge in [0, 0.05) is 37.0 Å². The molecule has 3 N–H and O–H groups in total. The number of aryl methyl sites for hydroxylation is 1. The Bertz CT molecular complexity index is 1080. The molecule has 10 nitrogen and oxygen atoms in total. The van der Waals surface area contributed by atoms with Gasteiger partial charge in [0.05, 0.1) is 11.4 Å². The number of benzene rings is 1. The minimum Gasteiger partial charge on any atom is -0.444 e. The molecular weight excluding hydrogens is 410 g/mol. The van der Waals surface area contributed by atoms with Crippen LogP contribution in [0.5, 0.6) is 0 Å². The van der Waals surface area contributed by atoms with Gasteiger partial charge in [-0.25, -0.2) is 18.4 Å². The van der Waals surface area contributed by atoms with Crippen molar-refractivity contribution in [1.29, 1.82) is 0 Å². The van der Waals surface area contributed by atoms with Crippen molar-refractivity contribution >= 4 is 27.7 Å². The van der Waals surface area contributed by atoms with E-state index in [9.17, 15) is 18.0 Å². The van der Waals surface area contributed by atoms with Crippen LogP contribution in [0, 0.1) is 0 Å². The number of hydrogen-bond acceptors (Lipinski definition) is 6. The molecule has 30 heavy (non-hydrogen) atoms. The molecule has 2 amide bonds. The van der Waals surface area contributed by atoms with E-state index in [1.165, 1.54) is 24.3 Å². The largest absolute Gasteiger partial charge is 0.444 e. The number of hydrogen-bond donors (Lipinski definition) is 2. The van der Waals surface area contributed by atoms with Gasteiger partial charge in [0.1, 0.15) is 5.60 Å². The number of fused-ring (bicyclic) bond motifs is 1. The van der Waals surface area contributed by atoms with E-state index < -0.39 is 27.6 Å². The summed E-state index contributed by atoms with van der Waals surface area (Å²) in [6.07, 6.45) is 0.107. The van der Waals surface area contributed by atoms with Gasteiger partial charge < -0.3 is 15.0 Å². The van der Waals surface area contributed by atoms with Crippen molar-refractivity contribution in [2.75, 3.05) is 11.9 Å². The lowest BCUT2D eigenvalue weighted by atomic mass is 10.0. The molecule has 1 aromatic carbocycles. The van der Waals surface area contributed by atoms with Gasteiger partial charge in [-0.3, -0.25) is 9.48 Å². The van der Waals surface area contributed by atoms with Gasteiger partial charge in [0.15, 0.2) is 5.69 Å². The standard InChI is InChI=1S/C19H25N5O5S/c1-19(2,3)29-18(26)24-10-9-15-14(11-24)16(22-23(15)4)17(25)21-12-5-7-13(8-6-12)30(20,27)28/h5-8H,9-11H2,1-4H3,(H,21,25)(H2,20,27,28). The zero-order valence-electron chi connectivity index (χ0n) is 17.3. The lowest BCUT2D eigenvalue weighted by Gasteiger charge is -2.30. The first-order valence-corrected chi connectivity index (χ1v) is 10.9. The molecule has 0 bridgehead atoms. The number of primary sulfonamides is 1. The van der Waals surface area contributed by atoms with E-state index in [1.54, 1.807) is 37.4 Å². The SMILES string of the molecule is Cn1nc(C(=O)Nc2ccc(S(N)(=O)=O)cc2)c2c1CCN(C(=O)OC(C)(C)C)C2. The molecule has 0 aliphatic carbocycles. The Morgan fingerprint density at radius 1 is 1.20 bits per heavy atom. The molecule has 0 atom stereocenters. The van der Waals surface area contributed by atoms with Crippen molar-refractivity contribution in [1.82, 2.24) is 14.7 Å². The fraction of sp³-hybridized carbons (Fsp3) is 0.421. The summed E-state index contributed by atoms with van der Waals surface area (Å²) in [5.41, 5.74) is 1.52. The molecule has 0 fully saturated rings. The van der Waals surface area contributed by atoms with Gasteiger partial charge in [0.2, 0.25) is 10.0 Å². The van der Waals surface area contributed by atoms with Crippen LogP contribution in [0.15, 0.2) is 29.2 Å². The van der Waals surface area contributed by atoms with Crippen LogP contribution in [-0.2, 0) is 34.8 Å². The van der Waals surface area contributed by atoms with Gasteiger partial charge in [0.25, 0.3) is 5.91 Å². The van der Waals surface area contributed by atoms with Gasteiger partial charge in [-0.1, -0.05) is 0 Å². The van der Waals surface area contributed by atoms with Crippen LogP contribution in [0.25, 0.3) is 0 Å². The van der Waals surface area contributed by atoms with Gasteiger partial charge in [-0.2, -0.15) is 5.10 Å². The van der Waals surface area contributed by atoms with E-state index in [0.29, 0.717) is 24.2 Å². The number of rotatable bonds is 3. The Morgan fingerprint density at radius 3 is 2.40 bits per heavy atom. The number of ether oxygens (including phenoxy) is 1. The Hall–Kier alpha value is -2.92. The molecule has 0 radical (unpaired) electrons. The summed E-state index contributed by atoms with van der Waals surface area (Å²) >= 11 is 0. The molecule has 0 unspecified atom stereocenters. The zero-order chi connectivity index (χ0) is 22.3. The van der Waals surface area contributed by atoms with E-state index in [2.05, 4.69) is 10.4 Å². The maximum atomic E-state index is 12.8. The average molecular weight is 436 g/mol. The molecule has 1 aliphatic rings. The highest BCUT2D eigenvalue weighted by Gasteiger charge is 2.31. The van der Waals surface area contributed by atoms with Gasteiger partial charge in [-0.05, 0) is 45.0 Å². The molecule has 2 heterocycles. The second-order valence-corrected chi connectivity index (χ2v) is 9.63. The number of aromatic nitrogens is 2. The van der Waals surface area contributed by atoms with Crippen molar-refractivity contribution < 1.29 is 22.7 Å². The summed E-state index contributed by atoms with van der Waals surface area (Å²) in [4.78, 5) is 26.8. The van der Waals surface area contributed by atoms with Crippen LogP contribution in [0.1, 0.15) is 42.5 Å². The lowest BCUT2D eigenvalue weighted by Crippen LogP contribution is -2.40. The Balaban J connectivity index is 1.80. The van der Waals surface area contributed by atoms with E-state index in [0.717, 1.165) is 5.69 Å². The van der Waals surface area contributed by atoms with Crippen LogP contribution < -0.4 is 10.5 Å². The first kappa shape index (κ1) is 21.8. The smallest absolute Gasteiger partial charge is 0.410 e. The molecule has 1 aliphatic heterocycles. The molecule has 0 saturated carbocycles. The summed E-state index contributed by atoms with van der Waals surface area (Å²) in [6, 6.07) is 5.51. The monoisotopic (exact) mass is 435 g/mol. The molecule has 0 spiro atoms. The molecule has 11 heteroatoms. The van der Waals surface area contributed by atoms with E-state index in [1.807, 2.05) is 0 Å². The predicted octanol–water partition coefficient (Wildman–Crippen LogP) is 1.61. The minimum atomic E-state index is -3.81. The summed E-state index contributed by atoms with van der Waals surface area (Å²) in [5, 5.41) is 12.1. The van der Waals surface area contributed by atoms with Crippen molar-refractivity contribution in [3.05, 3.63) is 41.2 Å². The van der Waals surface area contributed by atoms with Crippen LogP contribution in [-0.4, -0.2) is 47.2 Å². The first-order chi connectivity index (χ1) is 13.8. The van der Waals surface area contributed by atoms with Crippen molar-refractivity contribution in [3.8, 4) is 0 Å². The van der Waals surface area contributed by atoms with E-state index in [-0.39, 0.29) is 17.1 Å². The number of sulfonamides is 1. The quantitative estimate of drug-likeness (QED) is 0.752. The summed E-state index contributed by atoms with van der Waals surface area (Å²) in [6.45, 7) is 6.07.